The van der Waals surface area contributed by atoms with Gasteiger partial charge in [0.1, 0.15) is 10.7 Å². The van der Waals surface area contributed by atoms with E-state index in [9.17, 15) is 0 Å². The van der Waals surface area contributed by atoms with Crippen molar-refractivity contribution in [3.8, 4) is 0 Å². The molecule has 0 amide bonds. The number of anilines is 2. The average Bonchev–Trinajstić information content (AvgIpc) is 2.41. The van der Waals surface area contributed by atoms with Crippen LogP contribution in [0.4, 0.5) is 11.6 Å². The molecule has 0 bridgehead atoms. The molecule has 1 heterocycles. The van der Waals surface area contributed by atoms with Gasteiger partial charge in [0, 0.05) is 17.9 Å². The highest BCUT2D eigenvalue weighted by Gasteiger charge is 2.12. The quantitative estimate of drug-likeness (QED) is 0.876. The van der Waals surface area contributed by atoms with Gasteiger partial charge in [-0.1, -0.05) is 29.9 Å². The van der Waals surface area contributed by atoms with Crippen molar-refractivity contribution < 1.29 is 0 Å². The van der Waals surface area contributed by atoms with Crippen LogP contribution in [0.25, 0.3) is 0 Å². The van der Waals surface area contributed by atoms with Crippen molar-refractivity contribution in [2.24, 2.45) is 5.73 Å². The summed E-state index contributed by atoms with van der Waals surface area (Å²) in [5.41, 5.74) is 9.40. The van der Waals surface area contributed by atoms with Gasteiger partial charge in [0.25, 0.3) is 0 Å². The Hall–Kier alpha value is -2.01. The van der Waals surface area contributed by atoms with Gasteiger partial charge in [0.05, 0.1) is 0 Å². The van der Waals surface area contributed by atoms with Crippen LogP contribution in [0.3, 0.4) is 0 Å². The van der Waals surface area contributed by atoms with Crippen LogP contribution in [0.2, 0.25) is 0 Å². The largest absolute Gasteiger partial charge is 0.388 e. The number of nitrogens with two attached hydrogens (primary N) is 1. The molecule has 0 aliphatic heterocycles. The van der Waals surface area contributed by atoms with Crippen molar-refractivity contribution in [1.82, 2.24) is 9.97 Å². The average molecular weight is 286 g/mol. The number of nitrogens with zero attached hydrogens (tertiary/aromatic N) is 3. The lowest BCUT2D eigenvalue weighted by molar-refractivity contribution is 0.930. The fourth-order valence-corrected chi connectivity index (χ4v) is 2.07. The van der Waals surface area contributed by atoms with Gasteiger partial charge in [-0.2, -0.15) is 0 Å². The van der Waals surface area contributed by atoms with Gasteiger partial charge >= 0.3 is 0 Å². The molecular weight excluding hydrogens is 268 g/mol. The zero-order chi connectivity index (χ0) is 14.7. The molecule has 4 nitrogen and oxygen atoms in total. The monoisotopic (exact) mass is 286 g/mol. The zero-order valence-electron chi connectivity index (χ0n) is 11.9. The Morgan fingerprint density at radius 3 is 2.40 bits per heavy atom. The van der Waals surface area contributed by atoms with Gasteiger partial charge in [0.2, 0.25) is 5.95 Å². The molecule has 0 radical (unpaired) electrons. The first kappa shape index (κ1) is 14.4. The van der Waals surface area contributed by atoms with Crippen LogP contribution < -0.4 is 10.6 Å². The molecule has 0 fully saturated rings. The molecule has 0 saturated carbocycles. The summed E-state index contributed by atoms with van der Waals surface area (Å²) in [7, 11) is 0. The minimum Gasteiger partial charge on any atom is -0.388 e. The maximum Gasteiger partial charge on any atom is 0.230 e. The fourth-order valence-electron chi connectivity index (χ4n) is 1.96. The third-order valence-electron chi connectivity index (χ3n) is 3.00. The van der Waals surface area contributed by atoms with Crippen LogP contribution in [0.15, 0.2) is 30.3 Å². The first-order valence-electron chi connectivity index (χ1n) is 6.51. The number of hydrogen-bond donors (Lipinski definition) is 1. The van der Waals surface area contributed by atoms with E-state index in [0.717, 1.165) is 17.9 Å². The van der Waals surface area contributed by atoms with E-state index < -0.39 is 0 Å². The predicted octanol–water partition coefficient (Wildman–Crippen LogP) is 2.89. The van der Waals surface area contributed by atoms with E-state index in [4.69, 9.17) is 18.0 Å². The second-order valence-corrected chi connectivity index (χ2v) is 5.08. The lowest BCUT2D eigenvalue weighted by atomic mass is 10.2. The van der Waals surface area contributed by atoms with Crippen molar-refractivity contribution >= 4 is 28.8 Å². The normalized spacial score (nSPS) is 10.3. The van der Waals surface area contributed by atoms with E-state index >= 15 is 0 Å². The van der Waals surface area contributed by atoms with E-state index in [1.54, 1.807) is 6.07 Å². The molecule has 5 heteroatoms. The van der Waals surface area contributed by atoms with Crippen LogP contribution in [-0.2, 0) is 0 Å². The summed E-state index contributed by atoms with van der Waals surface area (Å²) in [5.74, 6) is 0.624. The lowest BCUT2D eigenvalue weighted by Gasteiger charge is -2.22. The van der Waals surface area contributed by atoms with Crippen LogP contribution in [0.5, 0.6) is 0 Å². The third-order valence-corrected chi connectivity index (χ3v) is 3.21. The van der Waals surface area contributed by atoms with Gasteiger partial charge in [-0.05, 0) is 39.0 Å². The lowest BCUT2D eigenvalue weighted by Crippen LogP contribution is -2.21. The zero-order valence-corrected chi connectivity index (χ0v) is 12.7. The highest BCUT2D eigenvalue weighted by Crippen LogP contribution is 2.22. The number of hydrogen-bond acceptors (Lipinski definition) is 4. The standard InChI is InChI=1S/C15H18N4S/c1-4-19(12-7-5-10(2)6-8-12)15-17-11(3)9-13(18-15)14(16)20/h5-9H,4H2,1-3H3,(H2,16,20). The Balaban J connectivity index is 2.46. The van der Waals surface area contributed by atoms with Gasteiger partial charge in [-0.3, -0.25) is 0 Å². The van der Waals surface area contributed by atoms with E-state index in [2.05, 4.69) is 48.1 Å². The highest BCUT2D eigenvalue weighted by atomic mass is 32.1. The summed E-state index contributed by atoms with van der Waals surface area (Å²) in [6.45, 7) is 6.80. The van der Waals surface area contributed by atoms with Gasteiger partial charge < -0.3 is 10.6 Å². The number of thiocarbonyl (C=S) groups is 1. The number of rotatable bonds is 4. The maximum atomic E-state index is 5.67. The van der Waals surface area contributed by atoms with Gasteiger partial charge in [-0.15, -0.1) is 0 Å². The van der Waals surface area contributed by atoms with E-state index in [-0.39, 0.29) is 4.99 Å². The second-order valence-electron chi connectivity index (χ2n) is 4.64. The number of benzene rings is 1. The minimum absolute atomic E-state index is 0.289. The molecule has 0 aliphatic carbocycles. The minimum atomic E-state index is 0.289. The molecule has 0 spiro atoms. The Morgan fingerprint density at radius 1 is 1.20 bits per heavy atom. The SMILES string of the molecule is CCN(c1ccc(C)cc1)c1nc(C)cc(C(N)=S)n1. The molecule has 0 aliphatic rings. The summed E-state index contributed by atoms with van der Waals surface area (Å²) >= 11 is 5.01. The van der Waals surface area contributed by atoms with Crippen molar-refractivity contribution in [2.45, 2.75) is 20.8 Å². The Kier molecular flexibility index (Phi) is 4.29. The number of aryl methyl sites for hydroxylation is 2. The van der Waals surface area contributed by atoms with E-state index in [0.29, 0.717) is 11.6 Å². The Morgan fingerprint density at radius 2 is 1.85 bits per heavy atom. The van der Waals surface area contributed by atoms with E-state index in [1.165, 1.54) is 5.56 Å². The van der Waals surface area contributed by atoms with Crippen molar-refractivity contribution in [2.75, 3.05) is 11.4 Å². The molecule has 2 aromatic rings. The number of aromatic nitrogens is 2. The summed E-state index contributed by atoms with van der Waals surface area (Å²) in [5, 5.41) is 0. The second kappa shape index (κ2) is 5.96. The summed E-state index contributed by atoms with van der Waals surface area (Å²) in [4.78, 5) is 11.3. The van der Waals surface area contributed by atoms with Gasteiger partial charge in [0.15, 0.2) is 0 Å². The Labute approximate surface area is 124 Å². The van der Waals surface area contributed by atoms with Crippen LogP contribution in [0.1, 0.15) is 23.9 Å². The molecule has 104 valence electrons. The van der Waals surface area contributed by atoms with Gasteiger partial charge in [-0.25, -0.2) is 9.97 Å². The molecule has 2 N–H and O–H groups in total. The molecule has 1 aromatic carbocycles. The molecule has 20 heavy (non-hydrogen) atoms. The highest BCUT2D eigenvalue weighted by molar-refractivity contribution is 7.80. The van der Waals surface area contributed by atoms with Crippen molar-refractivity contribution in [1.29, 1.82) is 0 Å². The van der Waals surface area contributed by atoms with E-state index in [1.807, 2.05) is 11.8 Å². The summed E-state index contributed by atoms with van der Waals surface area (Å²) in [6.07, 6.45) is 0. The Bertz CT molecular complexity index is 622. The smallest absolute Gasteiger partial charge is 0.230 e. The topological polar surface area (TPSA) is 55.0 Å². The molecule has 0 saturated heterocycles. The van der Waals surface area contributed by atoms with Crippen molar-refractivity contribution in [3.05, 3.63) is 47.3 Å². The predicted molar refractivity (Wildman–Crippen MR) is 86.5 cm³/mol. The first-order valence-corrected chi connectivity index (χ1v) is 6.91. The molecule has 0 unspecified atom stereocenters. The molecule has 2 rings (SSSR count). The molecule has 1 aromatic heterocycles. The van der Waals surface area contributed by atoms with Crippen LogP contribution >= 0.6 is 12.2 Å². The van der Waals surface area contributed by atoms with Crippen LogP contribution in [0, 0.1) is 13.8 Å². The third kappa shape index (κ3) is 3.11. The van der Waals surface area contributed by atoms with Crippen LogP contribution in [-0.4, -0.2) is 21.5 Å². The van der Waals surface area contributed by atoms with Crippen molar-refractivity contribution in [3.63, 3.8) is 0 Å². The summed E-state index contributed by atoms with van der Waals surface area (Å²) < 4.78 is 0. The molecule has 0 atom stereocenters. The maximum absolute atomic E-state index is 5.67. The fraction of sp³-hybridized carbons (Fsp3) is 0.267. The summed E-state index contributed by atoms with van der Waals surface area (Å²) in [6, 6.07) is 10.1. The first-order chi connectivity index (χ1) is 9.51. The molecular formula is C15H18N4S.